The van der Waals surface area contributed by atoms with E-state index in [1.165, 1.54) is 0 Å². The van der Waals surface area contributed by atoms with Crippen LogP contribution in [0.1, 0.15) is 32.1 Å². The highest BCUT2D eigenvalue weighted by atomic mass is 16.5. The minimum Gasteiger partial charge on any atom is -0.361 e. The highest BCUT2D eigenvalue weighted by molar-refractivity contribution is 5.87. The van der Waals surface area contributed by atoms with E-state index in [0.717, 1.165) is 38.6 Å². The lowest BCUT2D eigenvalue weighted by molar-refractivity contribution is -0.173. The standard InChI is InChI=1S/C14H22N2O3/c1-15-7-3-2-6-14(13(15)18)10-16(8-9-19-14)12(17)11-4-5-11/h11H,2-10H2,1H3. The van der Waals surface area contributed by atoms with Gasteiger partial charge in [-0.3, -0.25) is 9.59 Å². The third-order valence-corrected chi connectivity index (χ3v) is 4.48. The molecule has 2 heterocycles. The van der Waals surface area contributed by atoms with Crippen LogP contribution in [0, 0.1) is 5.92 Å². The van der Waals surface area contributed by atoms with Crippen LogP contribution in [0.5, 0.6) is 0 Å². The van der Waals surface area contributed by atoms with Crippen molar-refractivity contribution in [3.05, 3.63) is 0 Å². The Morgan fingerprint density at radius 2 is 2.11 bits per heavy atom. The molecule has 0 aromatic rings. The fourth-order valence-corrected chi connectivity index (χ4v) is 3.16. The molecule has 1 saturated carbocycles. The van der Waals surface area contributed by atoms with Crippen molar-refractivity contribution in [2.75, 3.05) is 33.3 Å². The van der Waals surface area contributed by atoms with Crippen molar-refractivity contribution >= 4 is 11.8 Å². The second-order valence-electron chi connectivity index (χ2n) is 6.06. The molecule has 0 aromatic carbocycles. The Kier molecular flexibility index (Phi) is 3.25. The summed E-state index contributed by atoms with van der Waals surface area (Å²) < 4.78 is 5.86. The number of amides is 2. The number of nitrogens with zero attached hydrogens (tertiary/aromatic N) is 2. The average Bonchev–Trinajstić information content (AvgIpc) is 3.26. The van der Waals surface area contributed by atoms with Gasteiger partial charge in [0.25, 0.3) is 5.91 Å². The molecule has 106 valence electrons. The van der Waals surface area contributed by atoms with Crippen LogP contribution in [0.25, 0.3) is 0 Å². The molecule has 3 rings (SSSR count). The van der Waals surface area contributed by atoms with Gasteiger partial charge in [-0.2, -0.15) is 0 Å². The summed E-state index contributed by atoms with van der Waals surface area (Å²) in [6, 6.07) is 0. The van der Waals surface area contributed by atoms with Crippen LogP contribution < -0.4 is 0 Å². The zero-order valence-corrected chi connectivity index (χ0v) is 11.6. The SMILES string of the molecule is CN1CCCCC2(CN(C(=O)C3CC3)CCO2)C1=O. The van der Waals surface area contributed by atoms with Crippen LogP contribution in [0.3, 0.4) is 0 Å². The van der Waals surface area contributed by atoms with E-state index >= 15 is 0 Å². The number of hydrogen-bond donors (Lipinski definition) is 0. The van der Waals surface area contributed by atoms with E-state index in [-0.39, 0.29) is 17.7 Å². The number of likely N-dealkylation sites (N-methyl/N-ethyl adjacent to an activating group) is 1. The van der Waals surface area contributed by atoms with Crippen molar-refractivity contribution in [3.63, 3.8) is 0 Å². The number of likely N-dealkylation sites (tertiary alicyclic amines) is 1. The van der Waals surface area contributed by atoms with E-state index in [0.29, 0.717) is 19.7 Å². The molecule has 3 fully saturated rings. The number of morpholine rings is 1. The summed E-state index contributed by atoms with van der Waals surface area (Å²) in [5.74, 6) is 0.495. The summed E-state index contributed by atoms with van der Waals surface area (Å²) in [7, 11) is 1.83. The van der Waals surface area contributed by atoms with Crippen molar-refractivity contribution in [1.82, 2.24) is 9.80 Å². The van der Waals surface area contributed by atoms with Gasteiger partial charge in [0.15, 0.2) is 5.60 Å². The van der Waals surface area contributed by atoms with Gasteiger partial charge in [-0.1, -0.05) is 0 Å². The summed E-state index contributed by atoms with van der Waals surface area (Å²) in [6.45, 7) is 2.36. The normalized spacial score (nSPS) is 32.6. The fraction of sp³-hybridized carbons (Fsp3) is 0.857. The highest BCUT2D eigenvalue weighted by Gasteiger charge is 2.48. The van der Waals surface area contributed by atoms with Crippen molar-refractivity contribution < 1.29 is 14.3 Å². The quantitative estimate of drug-likeness (QED) is 0.699. The Morgan fingerprint density at radius 1 is 1.32 bits per heavy atom. The van der Waals surface area contributed by atoms with Gasteiger partial charge in [0, 0.05) is 26.1 Å². The first-order valence-electron chi connectivity index (χ1n) is 7.31. The summed E-state index contributed by atoms with van der Waals surface area (Å²) in [5.41, 5.74) is -0.770. The lowest BCUT2D eigenvalue weighted by Gasteiger charge is -2.42. The summed E-state index contributed by atoms with van der Waals surface area (Å²) >= 11 is 0. The maximum absolute atomic E-state index is 12.5. The molecule has 0 N–H and O–H groups in total. The Balaban J connectivity index is 1.77. The number of ether oxygens (including phenoxy) is 1. The van der Waals surface area contributed by atoms with E-state index in [4.69, 9.17) is 4.74 Å². The largest absolute Gasteiger partial charge is 0.361 e. The molecule has 0 bridgehead atoms. The first kappa shape index (κ1) is 12.9. The van der Waals surface area contributed by atoms with Crippen LogP contribution in [-0.2, 0) is 14.3 Å². The Hall–Kier alpha value is -1.10. The molecule has 19 heavy (non-hydrogen) atoms. The monoisotopic (exact) mass is 266 g/mol. The van der Waals surface area contributed by atoms with Crippen LogP contribution in [0.2, 0.25) is 0 Å². The van der Waals surface area contributed by atoms with Gasteiger partial charge in [-0.05, 0) is 32.1 Å². The number of carbonyl (C=O) groups excluding carboxylic acids is 2. The topological polar surface area (TPSA) is 49.9 Å². The summed E-state index contributed by atoms with van der Waals surface area (Å²) in [4.78, 5) is 28.4. The Bertz CT molecular complexity index is 394. The highest BCUT2D eigenvalue weighted by Crippen LogP contribution is 2.34. The van der Waals surface area contributed by atoms with Crippen molar-refractivity contribution in [3.8, 4) is 0 Å². The lowest BCUT2D eigenvalue weighted by Crippen LogP contribution is -2.60. The van der Waals surface area contributed by atoms with Crippen LogP contribution in [0.4, 0.5) is 0 Å². The lowest BCUT2D eigenvalue weighted by atomic mass is 9.94. The van der Waals surface area contributed by atoms with Gasteiger partial charge in [0.2, 0.25) is 5.91 Å². The average molecular weight is 266 g/mol. The van der Waals surface area contributed by atoms with Crippen molar-refractivity contribution in [2.24, 2.45) is 5.92 Å². The molecule has 5 nitrogen and oxygen atoms in total. The van der Waals surface area contributed by atoms with Gasteiger partial charge >= 0.3 is 0 Å². The summed E-state index contributed by atoms with van der Waals surface area (Å²) in [6.07, 6.45) is 4.77. The smallest absolute Gasteiger partial charge is 0.256 e. The van der Waals surface area contributed by atoms with Gasteiger partial charge in [-0.15, -0.1) is 0 Å². The van der Waals surface area contributed by atoms with Gasteiger partial charge in [-0.25, -0.2) is 0 Å². The van der Waals surface area contributed by atoms with E-state index in [1.807, 2.05) is 11.9 Å². The molecular formula is C14H22N2O3. The predicted octanol–water partition coefficient (Wildman–Crippen LogP) is 0.636. The molecule has 0 radical (unpaired) electrons. The molecule has 2 amide bonds. The summed E-state index contributed by atoms with van der Waals surface area (Å²) in [5, 5.41) is 0. The second kappa shape index (κ2) is 4.78. The van der Waals surface area contributed by atoms with E-state index < -0.39 is 5.60 Å². The Morgan fingerprint density at radius 3 is 2.84 bits per heavy atom. The van der Waals surface area contributed by atoms with Crippen molar-refractivity contribution in [2.45, 2.75) is 37.7 Å². The minimum absolute atomic E-state index is 0.0540. The fourth-order valence-electron chi connectivity index (χ4n) is 3.16. The number of carbonyl (C=O) groups is 2. The minimum atomic E-state index is -0.770. The predicted molar refractivity (Wildman–Crippen MR) is 69.5 cm³/mol. The van der Waals surface area contributed by atoms with Crippen LogP contribution in [0.15, 0.2) is 0 Å². The molecule has 1 aliphatic carbocycles. The maximum Gasteiger partial charge on any atom is 0.256 e. The molecule has 0 aromatic heterocycles. The molecule has 2 saturated heterocycles. The van der Waals surface area contributed by atoms with Gasteiger partial charge < -0.3 is 14.5 Å². The third kappa shape index (κ3) is 2.36. The molecular weight excluding hydrogens is 244 g/mol. The molecule has 3 aliphatic rings. The van der Waals surface area contributed by atoms with Gasteiger partial charge in [0.05, 0.1) is 13.2 Å². The number of rotatable bonds is 1. The van der Waals surface area contributed by atoms with Crippen LogP contribution >= 0.6 is 0 Å². The van der Waals surface area contributed by atoms with E-state index in [1.54, 1.807) is 4.90 Å². The van der Waals surface area contributed by atoms with Gasteiger partial charge in [0.1, 0.15) is 0 Å². The van der Waals surface area contributed by atoms with E-state index in [2.05, 4.69) is 0 Å². The second-order valence-corrected chi connectivity index (χ2v) is 6.06. The first-order valence-corrected chi connectivity index (χ1v) is 7.31. The first-order chi connectivity index (χ1) is 9.12. The number of hydrogen-bond acceptors (Lipinski definition) is 3. The zero-order chi connectivity index (χ0) is 13.5. The molecule has 5 heteroatoms. The van der Waals surface area contributed by atoms with E-state index in [9.17, 15) is 9.59 Å². The molecule has 1 unspecified atom stereocenters. The molecule has 1 atom stereocenters. The van der Waals surface area contributed by atoms with Crippen molar-refractivity contribution in [1.29, 1.82) is 0 Å². The molecule has 2 aliphatic heterocycles. The maximum atomic E-state index is 12.5. The third-order valence-electron chi connectivity index (χ3n) is 4.48. The molecule has 1 spiro atoms. The Labute approximate surface area is 113 Å². The van der Waals surface area contributed by atoms with Crippen LogP contribution in [-0.4, -0.2) is 60.5 Å². The zero-order valence-electron chi connectivity index (χ0n) is 11.6.